The van der Waals surface area contributed by atoms with Crippen molar-refractivity contribution in [2.45, 2.75) is 6.42 Å². The van der Waals surface area contributed by atoms with Crippen molar-refractivity contribution in [3.05, 3.63) is 380 Å². The molecule has 0 aliphatic heterocycles. The van der Waals surface area contributed by atoms with Gasteiger partial charge < -0.3 is 22.5 Å². The Morgan fingerprint density at radius 2 is 0.544 bits per heavy atom. The zero-order valence-electron chi connectivity index (χ0n) is 55.9. The van der Waals surface area contributed by atoms with Gasteiger partial charge in [0.2, 0.25) is 0 Å². The fourth-order valence-corrected chi connectivity index (χ4v) is 16.4. The van der Waals surface area contributed by atoms with E-state index in [0.29, 0.717) is 0 Å². The van der Waals surface area contributed by atoms with Crippen molar-refractivity contribution in [2.24, 2.45) is 0 Å². The first-order valence-electron chi connectivity index (χ1n) is 35.1. The Morgan fingerprint density at radius 1 is 0.204 bits per heavy atom. The highest BCUT2D eigenvalue weighted by molar-refractivity contribution is 9.10. The number of halogens is 1. The number of furan rings is 2. The minimum absolute atomic E-state index is 0.906. The number of benzene rings is 16. The Labute approximate surface area is 602 Å². The van der Waals surface area contributed by atoms with E-state index in [4.69, 9.17) is 8.83 Å². The molecule has 5 heterocycles. The number of fused-ring (bicyclic) bond motifs is 18. The van der Waals surface area contributed by atoms with Crippen molar-refractivity contribution in [3.8, 4) is 72.7 Å². The van der Waals surface area contributed by atoms with Gasteiger partial charge in [-0.1, -0.05) is 246 Å². The lowest BCUT2D eigenvalue weighted by molar-refractivity contribution is 0.668. The molecule has 484 valence electrons. The molecule has 6 heteroatoms. The summed E-state index contributed by atoms with van der Waals surface area (Å²) in [5.74, 6) is 0. The summed E-state index contributed by atoms with van der Waals surface area (Å²) in [5.41, 5.74) is 29.9. The van der Waals surface area contributed by atoms with E-state index in [1.807, 2.05) is 42.5 Å². The van der Waals surface area contributed by atoms with Crippen molar-refractivity contribution in [2.75, 3.05) is 0 Å². The second-order valence-electron chi connectivity index (χ2n) is 26.8. The third-order valence-electron chi connectivity index (χ3n) is 20.9. The average molecular weight is 1380 g/mol. The van der Waals surface area contributed by atoms with Crippen LogP contribution in [0, 0.1) is 0 Å². The van der Waals surface area contributed by atoms with Gasteiger partial charge in [0, 0.05) is 75.4 Å². The van der Waals surface area contributed by atoms with Crippen LogP contribution in [-0.2, 0) is 6.42 Å². The molecule has 0 saturated heterocycles. The van der Waals surface area contributed by atoms with Gasteiger partial charge in [-0.2, -0.15) is 0 Å². The van der Waals surface area contributed by atoms with Crippen LogP contribution >= 0.6 is 15.9 Å². The number of para-hydroxylation sites is 5. The normalized spacial score (nSPS) is 11.9. The van der Waals surface area contributed by atoms with Gasteiger partial charge >= 0.3 is 0 Å². The summed E-state index contributed by atoms with van der Waals surface area (Å²) in [7, 11) is 0. The average Bonchev–Trinajstić information content (AvgIpc) is 1.64. The predicted octanol–water partition coefficient (Wildman–Crippen LogP) is 27.2. The van der Waals surface area contributed by atoms with Crippen molar-refractivity contribution >= 4 is 125 Å². The summed E-state index contributed by atoms with van der Waals surface area (Å²) >= 11 is 3.46. The molecule has 22 rings (SSSR count). The fourth-order valence-electron chi connectivity index (χ4n) is 16.0. The van der Waals surface area contributed by atoms with Crippen LogP contribution in [-0.4, -0.2) is 13.7 Å². The van der Waals surface area contributed by atoms with Crippen molar-refractivity contribution in [3.63, 3.8) is 0 Å². The quantitative estimate of drug-likeness (QED) is 0.160. The van der Waals surface area contributed by atoms with Gasteiger partial charge in [0.05, 0.1) is 33.1 Å². The molecule has 16 aromatic carbocycles. The molecule has 0 unspecified atom stereocenters. The first kappa shape index (κ1) is 60.0. The van der Waals surface area contributed by atoms with Crippen molar-refractivity contribution in [1.82, 2.24) is 13.7 Å². The van der Waals surface area contributed by atoms with Gasteiger partial charge in [-0.3, -0.25) is 0 Å². The van der Waals surface area contributed by atoms with Crippen molar-refractivity contribution < 1.29 is 8.83 Å². The second kappa shape index (κ2) is 24.7. The van der Waals surface area contributed by atoms with Crippen LogP contribution in [0.15, 0.2) is 377 Å². The molecule has 0 atom stereocenters. The van der Waals surface area contributed by atoms with Crippen LogP contribution in [0.5, 0.6) is 0 Å². The van der Waals surface area contributed by atoms with E-state index in [0.717, 1.165) is 60.8 Å². The number of hydrogen-bond acceptors (Lipinski definition) is 2. The van der Waals surface area contributed by atoms with Crippen LogP contribution in [0.4, 0.5) is 0 Å². The zero-order valence-corrected chi connectivity index (χ0v) is 57.5. The molecular formula is C97H62BrN3O2. The molecule has 0 fully saturated rings. The number of rotatable bonds is 7. The smallest absolute Gasteiger partial charge is 0.135 e. The molecule has 0 bridgehead atoms. The lowest BCUT2D eigenvalue weighted by Crippen LogP contribution is -1.94. The maximum atomic E-state index is 6.16. The minimum Gasteiger partial charge on any atom is -0.456 e. The third-order valence-corrected chi connectivity index (χ3v) is 21.4. The van der Waals surface area contributed by atoms with Crippen LogP contribution < -0.4 is 0 Å². The van der Waals surface area contributed by atoms with Crippen LogP contribution in [0.1, 0.15) is 11.1 Å². The van der Waals surface area contributed by atoms with Crippen LogP contribution in [0.3, 0.4) is 0 Å². The summed E-state index contributed by atoms with van der Waals surface area (Å²) in [6.45, 7) is 0. The Morgan fingerprint density at radius 3 is 1.05 bits per heavy atom. The molecule has 0 amide bonds. The topological polar surface area (TPSA) is 41.1 Å². The van der Waals surface area contributed by atoms with E-state index in [9.17, 15) is 0 Å². The van der Waals surface area contributed by atoms with Gasteiger partial charge in [-0.15, -0.1) is 0 Å². The Bertz CT molecular complexity index is 6890. The minimum atomic E-state index is 0.906. The first-order chi connectivity index (χ1) is 51.0. The van der Waals surface area contributed by atoms with Gasteiger partial charge in [0.1, 0.15) is 22.3 Å². The van der Waals surface area contributed by atoms with Gasteiger partial charge in [0.25, 0.3) is 0 Å². The number of aromatic nitrogens is 3. The molecule has 103 heavy (non-hydrogen) atoms. The molecular weight excluding hydrogens is 1320 g/mol. The molecule has 0 saturated carbocycles. The van der Waals surface area contributed by atoms with E-state index in [1.54, 1.807) is 0 Å². The summed E-state index contributed by atoms with van der Waals surface area (Å²) < 4.78 is 20.1. The number of nitrogens with zero attached hydrogens (tertiary/aromatic N) is 3. The van der Waals surface area contributed by atoms with E-state index in [1.165, 1.54) is 143 Å². The standard InChI is InChI=1S/C48H30N2O.C37H25N.C12H7BrO/c1-2-10-31(11-3-1)32-18-22-35(23-19-32)49-43-15-7-4-12-37(43)40-28-33(20-25-45(40)49)34-21-26-46-41(29-34)38-13-5-8-16-44(38)50(46)36-24-27-48-42(30-36)39-14-6-9-17-47(39)51-48;1-2-8-25(9-3-1)26-16-19-31(20-17-26)38-36-13-7-6-12-33(36)35-24-28(18-21-37(35)38)27-14-15-30-22-29-10-4-5-11-32(29)34(30)23-27;13-8-5-6-12-10(7-8)9-3-1-2-4-11(9)14-12/h1-30H;1-21,23-24H,22H2;1-7H. The van der Waals surface area contributed by atoms with Crippen molar-refractivity contribution in [1.29, 1.82) is 0 Å². The first-order valence-corrected chi connectivity index (χ1v) is 35.9. The summed E-state index contributed by atoms with van der Waals surface area (Å²) in [5, 5.41) is 12.1. The monoisotopic (exact) mass is 1380 g/mol. The van der Waals surface area contributed by atoms with Gasteiger partial charge in [-0.25, -0.2) is 0 Å². The van der Waals surface area contributed by atoms with Gasteiger partial charge in [0.15, 0.2) is 0 Å². The highest BCUT2D eigenvalue weighted by atomic mass is 79.9. The molecule has 0 N–H and O–H groups in total. The van der Waals surface area contributed by atoms with E-state index >= 15 is 0 Å². The van der Waals surface area contributed by atoms with E-state index in [-0.39, 0.29) is 0 Å². The summed E-state index contributed by atoms with van der Waals surface area (Å²) in [4.78, 5) is 0. The maximum Gasteiger partial charge on any atom is 0.135 e. The second-order valence-corrected chi connectivity index (χ2v) is 27.7. The Kier molecular flexibility index (Phi) is 14.4. The highest BCUT2D eigenvalue weighted by Crippen LogP contribution is 2.44. The highest BCUT2D eigenvalue weighted by Gasteiger charge is 2.22. The third kappa shape index (κ3) is 10.4. The molecule has 0 spiro atoms. The molecule has 0 radical (unpaired) electrons. The fraction of sp³-hybridized carbons (Fsp3) is 0.0103. The molecule has 1 aliphatic rings. The van der Waals surface area contributed by atoms with Crippen LogP contribution in [0.25, 0.3) is 182 Å². The number of hydrogen-bond donors (Lipinski definition) is 0. The van der Waals surface area contributed by atoms with Gasteiger partial charge in [-0.05, 0) is 207 Å². The molecule has 21 aromatic rings. The SMILES string of the molecule is Brc1ccc2oc3ccccc3c2c1.c1ccc(-c2ccc(-n3c4ccccc4c4cc(-c5ccc6c(c5)-c5ccccc5C6)ccc43)cc2)cc1.c1ccc(-c2ccc(-n3c4ccccc4c4cc(-c5ccc6c(c5)c5ccccc5n6-c5ccc6oc7ccccc7c6c5)ccc43)cc2)cc1. The Hall–Kier alpha value is -13.0. The molecule has 1 aliphatic carbocycles. The lowest BCUT2D eigenvalue weighted by Gasteiger charge is -2.10. The largest absolute Gasteiger partial charge is 0.456 e. The van der Waals surface area contributed by atoms with E-state index in [2.05, 4.69) is 351 Å². The predicted molar refractivity (Wildman–Crippen MR) is 435 cm³/mol. The Balaban J connectivity index is 0.000000119. The maximum absolute atomic E-state index is 6.16. The summed E-state index contributed by atoms with van der Waals surface area (Å²) in [6, 6.07) is 131. The molecule has 5 aromatic heterocycles. The lowest BCUT2D eigenvalue weighted by atomic mass is 9.97. The molecule has 5 nitrogen and oxygen atoms in total. The zero-order chi connectivity index (χ0) is 68.1. The van der Waals surface area contributed by atoms with E-state index < -0.39 is 0 Å². The summed E-state index contributed by atoms with van der Waals surface area (Å²) in [6.07, 6.45) is 1.03. The van der Waals surface area contributed by atoms with Crippen LogP contribution in [0.2, 0.25) is 0 Å².